The van der Waals surface area contributed by atoms with Crippen molar-refractivity contribution in [1.29, 1.82) is 0 Å². The van der Waals surface area contributed by atoms with E-state index >= 15 is 0 Å². The average Bonchev–Trinajstić information content (AvgIpc) is 3.63. The molecule has 2 heterocycles. The summed E-state index contributed by atoms with van der Waals surface area (Å²) in [4.78, 5) is 11.0. The van der Waals surface area contributed by atoms with Crippen LogP contribution < -0.4 is 4.74 Å². The van der Waals surface area contributed by atoms with Gasteiger partial charge in [-0.25, -0.2) is 0 Å². The monoisotopic (exact) mass is 634 g/mol. The Balaban J connectivity index is 1.41. The fourth-order valence-electron chi connectivity index (χ4n) is 4.11. The van der Waals surface area contributed by atoms with Gasteiger partial charge in [-0.1, -0.05) is 54.6 Å². The number of thiophene rings is 2. The third kappa shape index (κ3) is 6.39. The first-order valence-electron chi connectivity index (χ1n) is 11.7. The first-order valence-corrected chi connectivity index (χ1v) is 14.6. The van der Waals surface area contributed by atoms with Crippen LogP contribution in [0.4, 0.5) is 0 Å². The van der Waals surface area contributed by atoms with Crippen LogP contribution in [-0.2, 0) is 11.2 Å². The SMILES string of the molecule is O=C(O)Cc1ccc(OCC=C(c2ccc(-c3ccsc3)cc2)c2ccc(-c3ccsc3)cc2)c(I)c1. The third-order valence-corrected chi connectivity index (χ3v) is 8.19. The Bertz CT molecular complexity index is 1420. The van der Waals surface area contributed by atoms with Gasteiger partial charge in [0.05, 0.1) is 9.99 Å². The van der Waals surface area contributed by atoms with Crippen LogP contribution in [-0.4, -0.2) is 17.7 Å². The zero-order chi connectivity index (χ0) is 25.6. The molecule has 0 atom stereocenters. The van der Waals surface area contributed by atoms with E-state index in [1.807, 2.05) is 18.2 Å². The maximum absolute atomic E-state index is 11.0. The van der Waals surface area contributed by atoms with E-state index in [1.54, 1.807) is 22.7 Å². The molecule has 5 aromatic rings. The molecule has 184 valence electrons. The molecule has 6 heteroatoms. The summed E-state index contributed by atoms with van der Waals surface area (Å²) in [5.74, 6) is -0.0990. The van der Waals surface area contributed by atoms with Crippen molar-refractivity contribution in [2.24, 2.45) is 0 Å². The van der Waals surface area contributed by atoms with Gasteiger partial charge in [-0.15, -0.1) is 0 Å². The minimum absolute atomic E-state index is 0.00306. The Morgan fingerprint density at radius 3 is 1.81 bits per heavy atom. The van der Waals surface area contributed by atoms with Crippen molar-refractivity contribution in [2.45, 2.75) is 6.42 Å². The van der Waals surface area contributed by atoms with E-state index in [-0.39, 0.29) is 6.42 Å². The minimum atomic E-state index is -0.841. The van der Waals surface area contributed by atoms with E-state index in [2.05, 4.69) is 111 Å². The van der Waals surface area contributed by atoms with Gasteiger partial charge in [-0.2, -0.15) is 22.7 Å². The molecular formula is C31H23IO3S2. The fraction of sp³-hybridized carbons (Fsp3) is 0.0645. The van der Waals surface area contributed by atoms with Crippen LogP contribution in [0.15, 0.2) is 106 Å². The van der Waals surface area contributed by atoms with Gasteiger partial charge >= 0.3 is 5.97 Å². The molecule has 0 saturated carbocycles. The van der Waals surface area contributed by atoms with Crippen LogP contribution in [0.2, 0.25) is 0 Å². The number of carboxylic acids is 1. The Hall–Kier alpha value is -3.20. The molecule has 0 radical (unpaired) electrons. The molecule has 3 aromatic carbocycles. The van der Waals surface area contributed by atoms with E-state index in [4.69, 9.17) is 9.84 Å². The number of ether oxygens (including phenoxy) is 1. The number of aliphatic carboxylic acids is 1. The maximum Gasteiger partial charge on any atom is 0.307 e. The number of rotatable bonds is 9. The highest BCUT2D eigenvalue weighted by atomic mass is 127. The lowest BCUT2D eigenvalue weighted by Gasteiger charge is -2.12. The number of halogens is 1. The Kier molecular flexibility index (Phi) is 8.18. The van der Waals surface area contributed by atoms with Gasteiger partial charge in [-0.05, 0) is 119 Å². The molecule has 3 nitrogen and oxygen atoms in total. The Labute approximate surface area is 237 Å². The molecule has 0 aliphatic heterocycles. The number of carboxylic acid groups (broad SMARTS) is 1. The van der Waals surface area contributed by atoms with Gasteiger partial charge in [0, 0.05) is 0 Å². The van der Waals surface area contributed by atoms with Crippen LogP contribution in [0, 0.1) is 3.57 Å². The van der Waals surface area contributed by atoms with Gasteiger partial charge in [0.15, 0.2) is 0 Å². The summed E-state index contributed by atoms with van der Waals surface area (Å²) >= 11 is 5.59. The number of hydrogen-bond acceptors (Lipinski definition) is 4. The Morgan fingerprint density at radius 2 is 1.35 bits per heavy atom. The highest BCUT2D eigenvalue weighted by molar-refractivity contribution is 14.1. The van der Waals surface area contributed by atoms with Crippen molar-refractivity contribution in [1.82, 2.24) is 0 Å². The van der Waals surface area contributed by atoms with Crippen LogP contribution in [0.5, 0.6) is 5.75 Å². The predicted octanol–water partition coefficient (Wildman–Crippen LogP) is 8.89. The quantitative estimate of drug-likeness (QED) is 0.165. The summed E-state index contributed by atoms with van der Waals surface area (Å²) in [7, 11) is 0. The van der Waals surface area contributed by atoms with Gasteiger partial charge in [0.2, 0.25) is 0 Å². The lowest BCUT2D eigenvalue weighted by atomic mass is 9.94. The van der Waals surface area contributed by atoms with E-state index in [0.29, 0.717) is 6.61 Å². The maximum atomic E-state index is 11.0. The van der Waals surface area contributed by atoms with Crippen molar-refractivity contribution >= 4 is 56.8 Å². The number of carbonyl (C=O) groups is 1. The third-order valence-electron chi connectivity index (χ3n) is 5.98. The number of hydrogen-bond donors (Lipinski definition) is 1. The van der Waals surface area contributed by atoms with Crippen molar-refractivity contribution in [3.63, 3.8) is 0 Å². The van der Waals surface area contributed by atoms with Gasteiger partial charge in [-0.3, -0.25) is 4.79 Å². The second-order valence-corrected chi connectivity index (χ2v) is 11.2. The topological polar surface area (TPSA) is 46.5 Å². The zero-order valence-corrected chi connectivity index (χ0v) is 23.6. The van der Waals surface area contributed by atoms with E-state index < -0.39 is 5.97 Å². The molecule has 1 N–H and O–H groups in total. The van der Waals surface area contributed by atoms with Crippen molar-refractivity contribution in [3.05, 3.63) is 127 Å². The molecule has 2 aromatic heterocycles. The van der Waals surface area contributed by atoms with Gasteiger partial charge in [0.1, 0.15) is 12.4 Å². The molecule has 0 fully saturated rings. The lowest BCUT2D eigenvalue weighted by molar-refractivity contribution is -0.136. The number of benzene rings is 3. The highest BCUT2D eigenvalue weighted by Crippen LogP contribution is 2.30. The second kappa shape index (κ2) is 11.9. The fourth-order valence-corrected chi connectivity index (χ4v) is 6.17. The van der Waals surface area contributed by atoms with E-state index in [1.165, 1.54) is 22.3 Å². The largest absolute Gasteiger partial charge is 0.488 e. The van der Waals surface area contributed by atoms with Crippen LogP contribution in [0.1, 0.15) is 16.7 Å². The molecule has 0 aliphatic carbocycles. The van der Waals surface area contributed by atoms with Crippen molar-refractivity contribution in [3.8, 4) is 28.0 Å². The van der Waals surface area contributed by atoms with Crippen LogP contribution in [0.3, 0.4) is 0 Å². The summed E-state index contributed by atoms with van der Waals surface area (Å²) < 4.78 is 7.00. The van der Waals surface area contributed by atoms with Gasteiger partial charge in [0.25, 0.3) is 0 Å². The van der Waals surface area contributed by atoms with Crippen molar-refractivity contribution < 1.29 is 14.6 Å². The molecule has 0 aliphatic rings. The first kappa shape index (κ1) is 25.4. The molecule has 37 heavy (non-hydrogen) atoms. The molecule has 0 spiro atoms. The standard InChI is InChI=1S/C31H23IO3S2/c32-29-17-21(18-31(33)34)1-10-30(29)35-14-11-28(24-6-2-22(3-7-24)26-12-15-36-19-26)25-8-4-23(5-9-25)27-13-16-37-20-27/h1-13,15-17,19-20H,14,18H2,(H,33,34). The van der Waals surface area contributed by atoms with E-state index in [0.717, 1.165) is 31.6 Å². The molecule has 0 amide bonds. The smallest absolute Gasteiger partial charge is 0.307 e. The molecule has 0 saturated heterocycles. The molecular weight excluding hydrogens is 611 g/mol. The highest BCUT2D eigenvalue weighted by Gasteiger charge is 2.09. The summed E-state index contributed by atoms with van der Waals surface area (Å²) in [5.41, 5.74) is 8.96. The normalized spacial score (nSPS) is 10.7. The predicted molar refractivity (Wildman–Crippen MR) is 163 cm³/mol. The summed E-state index contributed by atoms with van der Waals surface area (Å²) in [6.45, 7) is 0.391. The van der Waals surface area contributed by atoms with E-state index in [9.17, 15) is 4.79 Å². The van der Waals surface area contributed by atoms with Crippen molar-refractivity contribution in [2.75, 3.05) is 6.61 Å². The summed E-state index contributed by atoms with van der Waals surface area (Å²) in [6, 6.07) is 27.1. The van der Waals surface area contributed by atoms with Gasteiger partial charge < -0.3 is 9.84 Å². The lowest BCUT2D eigenvalue weighted by Crippen LogP contribution is -2.02. The van der Waals surface area contributed by atoms with Crippen LogP contribution in [0.25, 0.3) is 27.8 Å². The molecule has 5 rings (SSSR count). The van der Waals surface area contributed by atoms with Crippen LogP contribution >= 0.6 is 45.3 Å². The second-order valence-electron chi connectivity index (χ2n) is 8.44. The minimum Gasteiger partial charge on any atom is -0.488 e. The summed E-state index contributed by atoms with van der Waals surface area (Å²) in [5, 5.41) is 17.6. The average molecular weight is 635 g/mol. The first-order chi connectivity index (χ1) is 18.1. The molecule has 0 unspecified atom stereocenters. The summed E-state index contributed by atoms with van der Waals surface area (Å²) in [6.07, 6.45) is 2.11. The zero-order valence-electron chi connectivity index (χ0n) is 19.8. The Morgan fingerprint density at radius 1 is 0.784 bits per heavy atom. The molecule has 0 bridgehead atoms.